The predicted octanol–water partition coefficient (Wildman–Crippen LogP) is 1.97. The predicted molar refractivity (Wildman–Crippen MR) is 105 cm³/mol. The van der Waals surface area contributed by atoms with Crippen LogP contribution in [0, 0.1) is 6.92 Å². The van der Waals surface area contributed by atoms with Crippen molar-refractivity contribution in [1.82, 2.24) is 5.32 Å². The van der Waals surface area contributed by atoms with Crippen LogP contribution in [0.4, 0.5) is 5.69 Å². The van der Waals surface area contributed by atoms with E-state index in [1.54, 1.807) is 36.1 Å². The summed E-state index contributed by atoms with van der Waals surface area (Å²) in [6.07, 6.45) is 1.36. The van der Waals surface area contributed by atoms with Crippen LogP contribution in [-0.2, 0) is 25.7 Å². The summed E-state index contributed by atoms with van der Waals surface area (Å²) >= 11 is 0. The zero-order valence-corrected chi connectivity index (χ0v) is 16.7. The highest BCUT2D eigenvalue weighted by atomic mass is 16.5. The highest BCUT2D eigenvalue weighted by molar-refractivity contribution is 5.98. The summed E-state index contributed by atoms with van der Waals surface area (Å²) in [5.74, 6) is -0.911. The molecule has 0 bridgehead atoms. The third kappa shape index (κ3) is 4.86. The highest BCUT2D eigenvalue weighted by Gasteiger charge is 2.22. The standard InChI is InChI=1S/C21H22N2O7/c1-13-17(21(27)28-2)10-16(30-13)12-29-19(25)11-22-20(26)14-5-7-15(8-6-14)23-9-3-4-18(23)24/h5-8,10H,3-4,9,11-12H2,1-2H3,(H,22,26). The Morgan fingerprint density at radius 1 is 1.20 bits per heavy atom. The quantitative estimate of drug-likeness (QED) is 0.689. The van der Waals surface area contributed by atoms with Crippen molar-refractivity contribution in [2.24, 2.45) is 0 Å². The number of nitrogens with one attached hydrogen (secondary N) is 1. The van der Waals surface area contributed by atoms with Gasteiger partial charge in [-0.25, -0.2) is 4.79 Å². The zero-order valence-electron chi connectivity index (χ0n) is 16.7. The Balaban J connectivity index is 1.47. The molecular formula is C21H22N2O7. The third-order valence-electron chi connectivity index (χ3n) is 4.66. The Hall–Kier alpha value is -3.62. The van der Waals surface area contributed by atoms with Crippen LogP contribution in [0.25, 0.3) is 0 Å². The first-order valence-corrected chi connectivity index (χ1v) is 9.41. The van der Waals surface area contributed by atoms with E-state index in [2.05, 4.69) is 10.1 Å². The van der Waals surface area contributed by atoms with Gasteiger partial charge in [-0.15, -0.1) is 0 Å². The number of nitrogens with zero attached hydrogens (tertiary/aromatic N) is 1. The summed E-state index contributed by atoms with van der Waals surface area (Å²) in [6, 6.07) is 8.05. The maximum absolute atomic E-state index is 12.2. The number of carbonyl (C=O) groups is 4. The molecule has 0 unspecified atom stereocenters. The molecule has 0 atom stereocenters. The first-order chi connectivity index (χ1) is 14.4. The van der Waals surface area contributed by atoms with Crippen LogP contribution in [-0.4, -0.2) is 44.0 Å². The number of hydrogen-bond acceptors (Lipinski definition) is 7. The van der Waals surface area contributed by atoms with Gasteiger partial charge in [-0.05, 0) is 43.7 Å². The SMILES string of the molecule is COC(=O)c1cc(COC(=O)CNC(=O)c2ccc(N3CCCC3=O)cc2)oc1C. The molecule has 1 fully saturated rings. The van der Waals surface area contributed by atoms with Crippen LogP contribution in [0.2, 0.25) is 0 Å². The fourth-order valence-electron chi connectivity index (χ4n) is 3.10. The topological polar surface area (TPSA) is 115 Å². The molecule has 3 rings (SSSR count). The second-order valence-corrected chi connectivity index (χ2v) is 6.71. The maximum Gasteiger partial charge on any atom is 0.341 e. The van der Waals surface area contributed by atoms with Crippen LogP contribution >= 0.6 is 0 Å². The minimum absolute atomic E-state index is 0.0698. The van der Waals surface area contributed by atoms with E-state index in [0.717, 1.165) is 12.1 Å². The summed E-state index contributed by atoms with van der Waals surface area (Å²) in [7, 11) is 1.26. The van der Waals surface area contributed by atoms with E-state index in [1.807, 2.05) is 0 Å². The average Bonchev–Trinajstić information content (AvgIpc) is 3.35. The number of amides is 2. The first-order valence-electron chi connectivity index (χ1n) is 9.41. The van der Waals surface area contributed by atoms with Crippen molar-refractivity contribution in [3.63, 3.8) is 0 Å². The highest BCUT2D eigenvalue weighted by Crippen LogP contribution is 2.21. The van der Waals surface area contributed by atoms with Crippen LogP contribution in [0.1, 0.15) is 45.1 Å². The second-order valence-electron chi connectivity index (χ2n) is 6.71. The van der Waals surface area contributed by atoms with Gasteiger partial charge in [-0.1, -0.05) is 0 Å². The van der Waals surface area contributed by atoms with E-state index < -0.39 is 17.8 Å². The van der Waals surface area contributed by atoms with Gasteiger partial charge >= 0.3 is 11.9 Å². The van der Waals surface area contributed by atoms with E-state index in [9.17, 15) is 19.2 Å². The minimum atomic E-state index is -0.656. The van der Waals surface area contributed by atoms with Gasteiger partial charge in [0.25, 0.3) is 5.91 Å². The molecule has 1 saturated heterocycles. The van der Waals surface area contributed by atoms with E-state index in [-0.39, 0.29) is 24.6 Å². The lowest BCUT2D eigenvalue weighted by molar-refractivity contribution is -0.144. The van der Waals surface area contributed by atoms with Crippen LogP contribution in [0.3, 0.4) is 0 Å². The number of aryl methyl sites for hydroxylation is 1. The minimum Gasteiger partial charge on any atom is -0.465 e. The van der Waals surface area contributed by atoms with E-state index in [0.29, 0.717) is 30.0 Å². The molecule has 9 heteroatoms. The number of ether oxygens (including phenoxy) is 2. The molecule has 0 radical (unpaired) electrons. The van der Waals surface area contributed by atoms with Crippen molar-refractivity contribution >= 4 is 29.4 Å². The Labute approximate surface area is 172 Å². The van der Waals surface area contributed by atoms with Gasteiger partial charge in [0.05, 0.1) is 7.11 Å². The number of benzene rings is 1. The number of anilines is 1. The number of esters is 2. The van der Waals surface area contributed by atoms with Gasteiger partial charge < -0.3 is 24.1 Å². The zero-order chi connectivity index (χ0) is 21.7. The number of methoxy groups -OCH3 is 1. The van der Waals surface area contributed by atoms with Gasteiger partial charge in [0.15, 0.2) is 0 Å². The molecule has 1 aliphatic rings. The molecule has 1 aliphatic heterocycles. The lowest BCUT2D eigenvalue weighted by Gasteiger charge is -2.15. The Morgan fingerprint density at radius 2 is 1.93 bits per heavy atom. The Bertz CT molecular complexity index is 962. The van der Waals surface area contributed by atoms with E-state index in [1.165, 1.54) is 13.2 Å². The fourth-order valence-corrected chi connectivity index (χ4v) is 3.10. The number of rotatable bonds is 7. The monoisotopic (exact) mass is 414 g/mol. The molecule has 1 aromatic carbocycles. The molecule has 9 nitrogen and oxygen atoms in total. The van der Waals surface area contributed by atoms with Crippen molar-refractivity contribution in [2.45, 2.75) is 26.4 Å². The lowest BCUT2D eigenvalue weighted by Crippen LogP contribution is -2.30. The van der Waals surface area contributed by atoms with E-state index in [4.69, 9.17) is 9.15 Å². The number of carbonyl (C=O) groups excluding carboxylic acids is 4. The lowest BCUT2D eigenvalue weighted by atomic mass is 10.2. The number of furan rings is 1. The summed E-state index contributed by atoms with van der Waals surface area (Å²) in [4.78, 5) is 49.1. The number of hydrogen-bond donors (Lipinski definition) is 1. The summed E-state index contributed by atoms with van der Waals surface area (Å²) < 4.78 is 15.0. The molecule has 0 saturated carbocycles. The van der Waals surface area contributed by atoms with Crippen LogP contribution in [0.5, 0.6) is 0 Å². The van der Waals surface area contributed by atoms with Crippen molar-refractivity contribution in [3.05, 3.63) is 53.0 Å². The first kappa shape index (κ1) is 21.1. The largest absolute Gasteiger partial charge is 0.465 e. The molecule has 2 amide bonds. The molecule has 1 aromatic heterocycles. The normalized spacial score (nSPS) is 13.3. The van der Waals surface area contributed by atoms with Crippen LogP contribution < -0.4 is 10.2 Å². The molecule has 1 N–H and O–H groups in total. The summed E-state index contributed by atoms with van der Waals surface area (Å²) in [5, 5.41) is 2.48. The van der Waals surface area contributed by atoms with Crippen molar-refractivity contribution in [2.75, 3.05) is 25.1 Å². The molecule has 0 spiro atoms. The van der Waals surface area contributed by atoms with Gasteiger partial charge in [-0.2, -0.15) is 0 Å². The molecule has 2 aromatic rings. The van der Waals surface area contributed by atoms with Crippen LogP contribution in [0.15, 0.2) is 34.7 Å². The Morgan fingerprint density at radius 3 is 2.57 bits per heavy atom. The summed E-state index contributed by atoms with van der Waals surface area (Å²) in [6.45, 7) is 1.77. The molecule has 158 valence electrons. The summed E-state index contributed by atoms with van der Waals surface area (Å²) in [5.41, 5.74) is 1.37. The van der Waals surface area contributed by atoms with Gasteiger partial charge in [0.2, 0.25) is 5.91 Å². The van der Waals surface area contributed by atoms with Gasteiger partial charge in [0, 0.05) is 24.2 Å². The molecule has 2 heterocycles. The van der Waals surface area contributed by atoms with Crippen molar-refractivity contribution in [1.29, 1.82) is 0 Å². The Kier molecular flexibility index (Phi) is 6.51. The molecular weight excluding hydrogens is 392 g/mol. The molecule has 30 heavy (non-hydrogen) atoms. The maximum atomic E-state index is 12.2. The fraction of sp³-hybridized carbons (Fsp3) is 0.333. The smallest absolute Gasteiger partial charge is 0.341 e. The van der Waals surface area contributed by atoms with Gasteiger partial charge in [0.1, 0.15) is 30.2 Å². The molecule has 0 aliphatic carbocycles. The average molecular weight is 414 g/mol. The second kappa shape index (κ2) is 9.25. The van der Waals surface area contributed by atoms with Gasteiger partial charge in [-0.3, -0.25) is 14.4 Å². The third-order valence-corrected chi connectivity index (χ3v) is 4.66. The van der Waals surface area contributed by atoms with Crippen molar-refractivity contribution in [3.8, 4) is 0 Å². The van der Waals surface area contributed by atoms with E-state index >= 15 is 0 Å². The van der Waals surface area contributed by atoms with Crippen molar-refractivity contribution < 1.29 is 33.1 Å².